The van der Waals surface area contributed by atoms with Crippen LogP contribution in [0.15, 0.2) is 82.6 Å². The van der Waals surface area contributed by atoms with Crippen LogP contribution in [0.5, 0.6) is 5.75 Å². The first-order valence-electron chi connectivity index (χ1n) is 7.92. The number of benzene rings is 2. The van der Waals surface area contributed by atoms with Crippen molar-refractivity contribution in [2.45, 2.75) is 6.61 Å². The SMILES string of the molecule is O=C(N/N=C/c1cc(Br)ccc1OCc1ccccc1)c1cccnc1. The maximum Gasteiger partial charge on any atom is 0.272 e. The zero-order valence-corrected chi connectivity index (χ0v) is 15.4. The Labute approximate surface area is 159 Å². The summed E-state index contributed by atoms with van der Waals surface area (Å²) >= 11 is 3.44. The van der Waals surface area contributed by atoms with Crippen LogP contribution in [0.3, 0.4) is 0 Å². The molecule has 6 heteroatoms. The topological polar surface area (TPSA) is 63.6 Å². The fraction of sp³-hybridized carbons (Fsp3) is 0.0500. The van der Waals surface area contributed by atoms with Gasteiger partial charge >= 0.3 is 0 Å². The van der Waals surface area contributed by atoms with Gasteiger partial charge in [-0.2, -0.15) is 5.10 Å². The van der Waals surface area contributed by atoms with Gasteiger partial charge < -0.3 is 4.74 Å². The van der Waals surface area contributed by atoms with Crippen molar-refractivity contribution in [2.75, 3.05) is 0 Å². The van der Waals surface area contributed by atoms with Crippen LogP contribution < -0.4 is 10.2 Å². The van der Waals surface area contributed by atoms with E-state index in [9.17, 15) is 4.79 Å². The van der Waals surface area contributed by atoms with Crippen molar-refractivity contribution in [1.82, 2.24) is 10.4 Å². The van der Waals surface area contributed by atoms with E-state index in [4.69, 9.17) is 4.74 Å². The predicted octanol–water partition coefficient (Wildman–Crippen LogP) is 4.19. The molecule has 0 unspecified atom stereocenters. The van der Waals surface area contributed by atoms with Crippen LogP contribution in [0.1, 0.15) is 21.5 Å². The highest BCUT2D eigenvalue weighted by Gasteiger charge is 2.05. The van der Waals surface area contributed by atoms with Crippen molar-refractivity contribution in [1.29, 1.82) is 0 Å². The molecule has 3 rings (SSSR count). The lowest BCUT2D eigenvalue weighted by Gasteiger charge is -2.09. The third-order valence-electron chi connectivity index (χ3n) is 3.50. The van der Waals surface area contributed by atoms with Gasteiger partial charge in [-0.1, -0.05) is 46.3 Å². The third-order valence-corrected chi connectivity index (χ3v) is 4.00. The van der Waals surface area contributed by atoms with Gasteiger partial charge in [0.15, 0.2) is 0 Å². The van der Waals surface area contributed by atoms with Crippen LogP contribution in [0.25, 0.3) is 0 Å². The van der Waals surface area contributed by atoms with Crippen molar-refractivity contribution in [3.05, 3.63) is 94.2 Å². The second kappa shape index (κ2) is 8.92. The van der Waals surface area contributed by atoms with E-state index in [0.717, 1.165) is 15.6 Å². The van der Waals surface area contributed by atoms with Gasteiger partial charge in [0.25, 0.3) is 5.91 Å². The molecule has 1 N–H and O–H groups in total. The summed E-state index contributed by atoms with van der Waals surface area (Å²) in [5.41, 5.74) is 4.76. The molecule has 26 heavy (non-hydrogen) atoms. The van der Waals surface area contributed by atoms with Crippen LogP contribution in [0.2, 0.25) is 0 Å². The van der Waals surface area contributed by atoms with E-state index in [1.165, 1.54) is 6.20 Å². The number of nitrogens with zero attached hydrogens (tertiary/aromatic N) is 2. The number of amides is 1. The molecule has 0 saturated carbocycles. The number of carbonyl (C=O) groups excluding carboxylic acids is 1. The molecule has 130 valence electrons. The van der Waals surface area contributed by atoms with Crippen LogP contribution in [0.4, 0.5) is 0 Å². The predicted molar refractivity (Wildman–Crippen MR) is 104 cm³/mol. The second-order valence-corrected chi connectivity index (χ2v) is 6.31. The molecule has 0 saturated heterocycles. The van der Waals surface area contributed by atoms with Crippen molar-refractivity contribution in [3.8, 4) is 5.75 Å². The normalized spacial score (nSPS) is 10.7. The van der Waals surface area contributed by atoms with Crippen LogP contribution in [-0.2, 0) is 6.61 Å². The standard InChI is InChI=1S/C20H16BrN3O2/c21-18-8-9-19(26-14-15-5-2-1-3-6-15)17(11-18)13-23-24-20(25)16-7-4-10-22-12-16/h1-13H,14H2,(H,24,25)/b23-13+. The molecular formula is C20H16BrN3O2. The number of aromatic nitrogens is 1. The summed E-state index contributed by atoms with van der Waals surface area (Å²) in [7, 11) is 0. The zero-order valence-electron chi connectivity index (χ0n) is 13.8. The molecule has 0 aliphatic carbocycles. The van der Waals surface area contributed by atoms with Gasteiger partial charge in [-0.25, -0.2) is 5.43 Å². The Hall–Kier alpha value is -2.99. The van der Waals surface area contributed by atoms with Crippen LogP contribution in [0, 0.1) is 0 Å². The second-order valence-electron chi connectivity index (χ2n) is 5.40. The maximum absolute atomic E-state index is 12.0. The van der Waals surface area contributed by atoms with Gasteiger partial charge in [-0.3, -0.25) is 9.78 Å². The summed E-state index contributed by atoms with van der Waals surface area (Å²) in [6, 6.07) is 18.9. The van der Waals surface area contributed by atoms with E-state index in [2.05, 4.69) is 31.4 Å². The molecule has 0 aliphatic heterocycles. The maximum atomic E-state index is 12.0. The van der Waals surface area contributed by atoms with E-state index >= 15 is 0 Å². The smallest absolute Gasteiger partial charge is 0.272 e. The number of hydrazone groups is 1. The van der Waals surface area contributed by atoms with E-state index in [1.54, 1.807) is 24.5 Å². The van der Waals surface area contributed by atoms with E-state index in [-0.39, 0.29) is 5.91 Å². The molecule has 1 aromatic heterocycles. The molecule has 0 spiro atoms. The third kappa shape index (κ3) is 5.00. The van der Waals surface area contributed by atoms with E-state index in [0.29, 0.717) is 17.9 Å². The highest BCUT2D eigenvalue weighted by atomic mass is 79.9. The molecule has 1 heterocycles. The average molecular weight is 410 g/mol. The summed E-state index contributed by atoms with van der Waals surface area (Å²) in [5, 5.41) is 4.02. The summed E-state index contributed by atoms with van der Waals surface area (Å²) in [6.45, 7) is 0.450. The van der Waals surface area contributed by atoms with Crippen molar-refractivity contribution in [3.63, 3.8) is 0 Å². The first kappa shape index (κ1) is 17.8. The summed E-state index contributed by atoms with van der Waals surface area (Å²) in [5.74, 6) is 0.354. The fourth-order valence-corrected chi connectivity index (χ4v) is 2.59. The molecule has 0 radical (unpaired) electrons. The van der Waals surface area contributed by atoms with E-state index in [1.807, 2.05) is 48.5 Å². The Bertz CT molecular complexity index is 899. The van der Waals surface area contributed by atoms with Gasteiger partial charge in [0, 0.05) is 22.4 Å². The first-order valence-corrected chi connectivity index (χ1v) is 8.71. The number of hydrogen-bond donors (Lipinski definition) is 1. The lowest BCUT2D eigenvalue weighted by molar-refractivity contribution is 0.0954. The quantitative estimate of drug-likeness (QED) is 0.490. The minimum atomic E-state index is -0.323. The number of nitrogens with one attached hydrogen (secondary N) is 1. The van der Waals surface area contributed by atoms with Crippen LogP contribution in [-0.4, -0.2) is 17.1 Å². The number of ether oxygens (including phenoxy) is 1. The van der Waals surface area contributed by atoms with Gasteiger partial charge in [0.1, 0.15) is 12.4 Å². The van der Waals surface area contributed by atoms with Crippen LogP contribution >= 0.6 is 15.9 Å². The molecule has 5 nitrogen and oxygen atoms in total. The Kier molecular flexibility index (Phi) is 6.11. The minimum absolute atomic E-state index is 0.323. The lowest BCUT2D eigenvalue weighted by atomic mass is 10.2. The highest BCUT2D eigenvalue weighted by Crippen LogP contribution is 2.22. The molecule has 0 bridgehead atoms. The molecule has 3 aromatic rings. The molecule has 0 atom stereocenters. The molecule has 2 aromatic carbocycles. The number of hydrogen-bond acceptors (Lipinski definition) is 4. The number of halogens is 1. The summed E-state index contributed by atoms with van der Waals surface area (Å²) in [6.07, 6.45) is 4.65. The Morgan fingerprint density at radius 3 is 2.77 bits per heavy atom. The molecule has 0 fully saturated rings. The van der Waals surface area contributed by atoms with Gasteiger partial charge in [0.2, 0.25) is 0 Å². The van der Waals surface area contributed by atoms with Gasteiger partial charge in [-0.05, 0) is 35.9 Å². The minimum Gasteiger partial charge on any atom is -0.488 e. The Morgan fingerprint density at radius 2 is 2.00 bits per heavy atom. The molecule has 1 amide bonds. The van der Waals surface area contributed by atoms with E-state index < -0.39 is 0 Å². The fourth-order valence-electron chi connectivity index (χ4n) is 2.21. The number of pyridine rings is 1. The number of rotatable bonds is 6. The Morgan fingerprint density at radius 1 is 1.15 bits per heavy atom. The van der Waals surface area contributed by atoms with Crippen molar-refractivity contribution in [2.24, 2.45) is 5.10 Å². The average Bonchev–Trinajstić information content (AvgIpc) is 2.69. The molecule has 0 aliphatic rings. The first-order chi connectivity index (χ1) is 12.7. The largest absolute Gasteiger partial charge is 0.488 e. The van der Waals surface area contributed by atoms with Crippen molar-refractivity contribution >= 4 is 28.1 Å². The van der Waals surface area contributed by atoms with Crippen molar-refractivity contribution < 1.29 is 9.53 Å². The highest BCUT2D eigenvalue weighted by molar-refractivity contribution is 9.10. The Balaban J connectivity index is 1.68. The number of carbonyl (C=O) groups is 1. The lowest BCUT2D eigenvalue weighted by Crippen LogP contribution is -2.17. The summed E-state index contributed by atoms with van der Waals surface area (Å²) in [4.78, 5) is 15.9. The molecular weight excluding hydrogens is 394 g/mol. The van der Waals surface area contributed by atoms with Gasteiger partial charge in [0.05, 0.1) is 11.8 Å². The zero-order chi connectivity index (χ0) is 18.2. The van der Waals surface area contributed by atoms with Gasteiger partial charge in [-0.15, -0.1) is 0 Å². The summed E-state index contributed by atoms with van der Waals surface area (Å²) < 4.78 is 6.78. The monoisotopic (exact) mass is 409 g/mol.